The Hall–Kier alpha value is -10.2. The van der Waals surface area contributed by atoms with E-state index in [9.17, 15) is 19.2 Å². The second-order valence-corrected chi connectivity index (χ2v) is 21.9. The third-order valence-corrected chi connectivity index (χ3v) is 16.4. The molecule has 0 radical (unpaired) electrons. The third kappa shape index (κ3) is 11.7. The van der Waals surface area contributed by atoms with Gasteiger partial charge >= 0.3 is 23.9 Å². The molecule has 0 aliphatic carbocycles. The molecule has 0 amide bonds. The summed E-state index contributed by atoms with van der Waals surface area (Å²) in [5, 5.41) is 3.78. The molecule has 0 saturated carbocycles. The normalized spacial score (nSPS) is 11.9. The molecule has 11 rings (SSSR count). The summed E-state index contributed by atoms with van der Waals surface area (Å²) < 4.78 is 24.3. The summed E-state index contributed by atoms with van der Waals surface area (Å²) in [6, 6.07) is 71.1. The highest BCUT2D eigenvalue weighted by Gasteiger charge is 2.32. The standard InChI is InChI=1S/C76H62O8/c1-47-21-24-56(41-50(47)4)72(77)81-64-35-31-62(32-36-64)76(7,61-17-9-8-10-18-61)63-33-37-65(38-34-63)82-73(78)58-28-27-55(52(6)43-58)44-60-45-59(26-23-49(60)3)75(80)84-71-40-30-54-16-12-14-20-67(54)69(71)46-68-66-19-13-11-15-53(66)29-39-70(68)83-74(79)57-25-22-48(2)51(5)42-57/h8-43,45H,44,46H2,1-7H3. The summed E-state index contributed by atoms with van der Waals surface area (Å²) in [7, 11) is 0. The molecule has 8 heteroatoms. The Morgan fingerprint density at radius 3 is 1.18 bits per heavy atom. The number of hydrogen-bond acceptors (Lipinski definition) is 8. The minimum Gasteiger partial charge on any atom is -0.423 e. The van der Waals surface area contributed by atoms with Crippen LogP contribution in [0.2, 0.25) is 0 Å². The molecule has 1 unspecified atom stereocenters. The summed E-state index contributed by atoms with van der Waals surface area (Å²) in [5.74, 6) is -0.200. The van der Waals surface area contributed by atoms with Crippen LogP contribution in [0.5, 0.6) is 23.0 Å². The van der Waals surface area contributed by atoms with Crippen molar-refractivity contribution in [3.8, 4) is 23.0 Å². The Morgan fingerprint density at radius 2 is 0.714 bits per heavy atom. The predicted octanol–water partition coefficient (Wildman–Crippen LogP) is 17.3. The zero-order valence-electron chi connectivity index (χ0n) is 48.0. The highest BCUT2D eigenvalue weighted by molar-refractivity contribution is 5.97. The van der Waals surface area contributed by atoms with Gasteiger partial charge in [0.2, 0.25) is 0 Å². The minimum atomic E-state index is -0.613. The topological polar surface area (TPSA) is 105 Å². The molecule has 8 nitrogen and oxygen atoms in total. The van der Waals surface area contributed by atoms with Crippen molar-refractivity contribution in [1.82, 2.24) is 0 Å². The van der Waals surface area contributed by atoms with Gasteiger partial charge in [0.15, 0.2) is 0 Å². The lowest BCUT2D eigenvalue weighted by Gasteiger charge is -2.32. The molecule has 11 aromatic carbocycles. The van der Waals surface area contributed by atoms with Crippen LogP contribution in [0.1, 0.15) is 121 Å². The number of ether oxygens (including phenoxy) is 4. The van der Waals surface area contributed by atoms with Crippen molar-refractivity contribution in [3.05, 3.63) is 319 Å². The minimum absolute atomic E-state index is 0.304. The molecular weight excluding hydrogens is 1040 g/mol. The van der Waals surface area contributed by atoms with E-state index in [4.69, 9.17) is 18.9 Å². The number of carbonyl (C=O) groups excluding carboxylic acids is 4. The van der Waals surface area contributed by atoms with Gasteiger partial charge in [0.05, 0.1) is 22.3 Å². The Balaban J connectivity index is 0.790. The Bertz CT molecular complexity index is 4350. The van der Waals surface area contributed by atoms with Crippen LogP contribution >= 0.6 is 0 Å². The quantitative estimate of drug-likeness (QED) is 0.0568. The molecule has 1 atom stereocenters. The number of fused-ring (bicyclic) bond motifs is 2. The van der Waals surface area contributed by atoms with E-state index >= 15 is 0 Å². The van der Waals surface area contributed by atoms with Gasteiger partial charge in [-0.3, -0.25) is 0 Å². The average Bonchev–Trinajstić information content (AvgIpc) is 1.78. The van der Waals surface area contributed by atoms with Crippen molar-refractivity contribution in [1.29, 1.82) is 0 Å². The van der Waals surface area contributed by atoms with E-state index in [-0.39, 0.29) is 0 Å². The number of esters is 4. The summed E-state index contributed by atoms with van der Waals surface area (Å²) in [4.78, 5) is 54.9. The lowest BCUT2D eigenvalue weighted by molar-refractivity contribution is 0.0723. The van der Waals surface area contributed by atoms with Crippen LogP contribution in [0.25, 0.3) is 21.5 Å². The lowest BCUT2D eigenvalue weighted by Crippen LogP contribution is -2.25. The molecule has 11 aromatic rings. The van der Waals surface area contributed by atoms with E-state index in [1.165, 1.54) is 0 Å². The highest BCUT2D eigenvalue weighted by Crippen LogP contribution is 2.41. The van der Waals surface area contributed by atoms with Gasteiger partial charge in [-0.1, -0.05) is 140 Å². The number of carbonyl (C=O) groups is 4. The zero-order chi connectivity index (χ0) is 58.6. The third-order valence-electron chi connectivity index (χ3n) is 16.4. The van der Waals surface area contributed by atoms with Gasteiger partial charge in [-0.15, -0.1) is 0 Å². The van der Waals surface area contributed by atoms with Gasteiger partial charge in [-0.25, -0.2) is 19.2 Å². The molecule has 0 aliphatic rings. The van der Waals surface area contributed by atoms with Crippen molar-refractivity contribution >= 4 is 45.4 Å². The van der Waals surface area contributed by atoms with E-state index < -0.39 is 29.3 Å². The van der Waals surface area contributed by atoms with E-state index in [0.29, 0.717) is 58.1 Å². The molecule has 414 valence electrons. The van der Waals surface area contributed by atoms with Crippen molar-refractivity contribution in [3.63, 3.8) is 0 Å². The maximum atomic E-state index is 14.4. The molecule has 84 heavy (non-hydrogen) atoms. The molecule has 0 spiro atoms. The van der Waals surface area contributed by atoms with Gasteiger partial charge in [0.25, 0.3) is 0 Å². The van der Waals surface area contributed by atoms with Crippen LogP contribution in [0.15, 0.2) is 224 Å². The van der Waals surface area contributed by atoms with E-state index in [2.05, 4.69) is 19.1 Å². The zero-order valence-corrected chi connectivity index (χ0v) is 48.0. The fraction of sp³-hybridized carbons (Fsp3) is 0.132. The van der Waals surface area contributed by atoms with Gasteiger partial charge < -0.3 is 18.9 Å². The largest absolute Gasteiger partial charge is 0.423 e. The van der Waals surface area contributed by atoms with E-state index in [0.717, 1.165) is 93.9 Å². The van der Waals surface area contributed by atoms with E-state index in [1.54, 1.807) is 24.3 Å². The molecule has 0 aromatic heterocycles. The van der Waals surface area contributed by atoms with Crippen molar-refractivity contribution in [2.45, 2.75) is 66.7 Å². The Labute approximate surface area is 489 Å². The van der Waals surface area contributed by atoms with Crippen LogP contribution in [-0.4, -0.2) is 23.9 Å². The number of rotatable bonds is 15. The predicted molar refractivity (Wildman–Crippen MR) is 332 cm³/mol. The van der Waals surface area contributed by atoms with E-state index in [1.807, 2.05) is 230 Å². The molecule has 0 bridgehead atoms. The summed E-state index contributed by atoms with van der Waals surface area (Å²) >= 11 is 0. The lowest BCUT2D eigenvalue weighted by atomic mass is 9.71. The summed E-state index contributed by atoms with van der Waals surface area (Å²) in [6.45, 7) is 14.1. The van der Waals surface area contributed by atoms with Crippen LogP contribution in [-0.2, 0) is 18.3 Å². The van der Waals surface area contributed by atoms with Crippen molar-refractivity contribution < 1.29 is 38.1 Å². The summed E-state index contributed by atoms with van der Waals surface area (Å²) in [5.41, 5.74) is 13.7. The van der Waals surface area contributed by atoms with Crippen LogP contribution in [0.3, 0.4) is 0 Å². The van der Waals surface area contributed by atoms with Gasteiger partial charge in [0.1, 0.15) is 23.0 Å². The molecular formula is C76H62O8. The first-order chi connectivity index (χ1) is 40.6. The highest BCUT2D eigenvalue weighted by atomic mass is 16.5. The smallest absolute Gasteiger partial charge is 0.343 e. The van der Waals surface area contributed by atoms with Crippen LogP contribution in [0, 0.1) is 41.5 Å². The van der Waals surface area contributed by atoms with Gasteiger partial charge in [-0.2, -0.15) is 0 Å². The van der Waals surface area contributed by atoms with Crippen LogP contribution < -0.4 is 18.9 Å². The number of hydrogen-bond donors (Lipinski definition) is 0. The monoisotopic (exact) mass is 1100 g/mol. The molecule has 0 fully saturated rings. The second kappa shape index (κ2) is 23.7. The molecule has 0 saturated heterocycles. The Morgan fingerprint density at radius 1 is 0.321 bits per heavy atom. The van der Waals surface area contributed by atoms with Crippen molar-refractivity contribution in [2.75, 3.05) is 0 Å². The second-order valence-electron chi connectivity index (χ2n) is 21.9. The number of aryl methyl sites for hydroxylation is 6. The fourth-order valence-corrected chi connectivity index (χ4v) is 11.0. The fourth-order valence-electron chi connectivity index (χ4n) is 11.0. The van der Waals surface area contributed by atoms with Crippen LogP contribution in [0.4, 0.5) is 0 Å². The number of benzene rings is 11. The molecule has 0 N–H and O–H groups in total. The van der Waals surface area contributed by atoms with Gasteiger partial charge in [-0.05, 0) is 223 Å². The maximum absolute atomic E-state index is 14.4. The average molecular weight is 1100 g/mol. The Kier molecular flexibility index (Phi) is 15.7. The first-order valence-electron chi connectivity index (χ1n) is 28.1. The molecule has 0 heterocycles. The first-order valence-corrected chi connectivity index (χ1v) is 28.1. The summed E-state index contributed by atoms with van der Waals surface area (Å²) in [6.07, 6.45) is 0.806. The van der Waals surface area contributed by atoms with Crippen molar-refractivity contribution in [2.24, 2.45) is 0 Å². The maximum Gasteiger partial charge on any atom is 0.343 e. The molecule has 0 aliphatic heterocycles. The van der Waals surface area contributed by atoms with Gasteiger partial charge in [0, 0.05) is 23.0 Å². The first kappa shape index (κ1) is 55.7. The SMILES string of the molecule is Cc1ccc(C(=O)Oc2ccc(C(C)(c3ccccc3)c3ccc(OC(=O)c4ccc(Cc5cc(C(=O)Oc6ccc7ccccc7c6Cc6c(OC(=O)c7ccc(C)c(C)c7)ccc7ccccc67)ccc5C)c(C)c4)cc3)cc2)cc1C.